The van der Waals surface area contributed by atoms with Gasteiger partial charge in [0.25, 0.3) is 5.91 Å². The zero-order valence-electron chi connectivity index (χ0n) is 10.3. The van der Waals surface area contributed by atoms with Crippen molar-refractivity contribution in [2.24, 2.45) is 5.92 Å². The first-order valence-electron chi connectivity index (χ1n) is 6.20. The molecule has 1 aromatic rings. The van der Waals surface area contributed by atoms with Crippen molar-refractivity contribution in [3.8, 4) is 6.07 Å². The predicted molar refractivity (Wildman–Crippen MR) is 68.0 cm³/mol. The summed E-state index contributed by atoms with van der Waals surface area (Å²) in [6.07, 6.45) is 6.06. The smallest absolute Gasteiger partial charge is 0.265 e. The van der Waals surface area contributed by atoms with E-state index in [1.807, 2.05) is 0 Å². The van der Waals surface area contributed by atoms with Crippen molar-refractivity contribution in [2.75, 3.05) is 0 Å². The average Bonchev–Trinajstić information content (AvgIpc) is 2.93. The standard InChI is InChI=1S/C12H16N4OS/c1-2-9-3-5-12(8-13,6-4-9)15-11(17)10-7-14-16-18-10/h7,9H,2-6H2,1H3,(H,15,17). The molecule has 1 fully saturated rings. The van der Waals surface area contributed by atoms with E-state index in [0.717, 1.165) is 43.6 Å². The first-order valence-corrected chi connectivity index (χ1v) is 6.97. The number of hydrogen-bond acceptors (Lipinski definition) is 5. The molecule has 0 bridgehead atoms. The lowest BCUT2D eigenvalue weighted by Gasteiger charge is -2.35. The second-order valence-corrected chi connectivity index (χ2v) is 5.57. The maximum atomic E-state index is 12.0. The average molecular weight is 264 g/mol. The van der Waals surface area contributed by atoms with Crippen LogP contribution < -0.4 is 5.32 Å². The molecular formula is C12H16N4OS. The molecule has 18 heavy (non-hydrogen) atoms. The summed E-state index contributed by atoms with van der Waals surface area (Å²) in [6, 6.07) is 2.29. The van der Waals surface area contributed by atoms with Crippen LogP contribution in [0.3, 0.4) is 0 Å². The molecule has 1 aliphatic carbocycles. The van der Waals surface area contributed by atoms with Crippen LogP contribution in [0.1, 0.15) is 48.7 Å². The van der Waals surface area contributed by atoms with Crippen molar-refractivity contribution in [3.63, 3.8) is 0 Å². The van der Waals surface area contributed by atoms with Crippen LogP contribution in [0.15, 0.2) is 6.20 Å². The van der Waals surface area contributed by atoms with Gasteiger partial charge in [-0.25, -0.2) is 0 Å². The molecule has 0 spiro atoms. The summed E-state index contributed by atoms with van der Waals surface area (Å²) in [5, 5.41) is 15.8. The first kappa shape index (κ1) is 13.0. The van der Waals surface area contributed by atoms with Gasteiger partial charge in [-0.15, -0.1) is 5.10 Å². The van der Waals surface area contributed by atoms with Crippen LogP contribution in [0.2, 0.25) is 0 Å². The van der Waals surface area contributed by atoms with Crippen molar-refractivity contribution < 1.29 is 4.79 Å². The van der Waals surface area contributed by atoms with Gasteiger partial charge in [-0.2, -0.15) is 5.26 Å². The fraction of sp³-hybridized carbons (Fsp3) is 0.667. The highest BCUT2D eigenvalue weighted by atomic mass is 32.1. The molecule has 1 saturated carbocycles. The Hall–Kier alpha value is -1.48. The summed E-state index contributed by atoms with van der Waals surface area (Å²) in [4.78, 5) is 12.4. The summed E-state index contributed by atoms with van der Waals surface area (Å²) in [7, 11) is 0. The molecule has 96 valence electrons. The van der Waals surface area contributed by atoms with Gasteiger partial charge < -0.3 is 5.32 Å². The van der Waals surface area contributed by atoms with Crippen LogP contribution in [0.5, 0.6) is 0 Å². The highest BCUT2D eigenvalue weighted by Gasteiger charge is 2.36. The van der Waals surface area contributed by atoms with E-state index in [2.05, 4.69) is 27.9 Å². The van der Waals surface area contributed by atoms with E-state index < -0.39 is 5.54 Å². The molecule has 6 heteroatoms. The van der Waals surface area contributed by atoms with Gasteiger partial charge in [-0.1, -0.05) is 17.8 Å². The Balaban J connectivity index is 2.02. The van der Waals surface area contributed by atoms with E-state index in [1.165, 1.54) is 6.20 Å². The number of nitrogens with zero attached hydrogens (tertiary/aromatic N) is 3. The predicted octanol–water partition coefficient (Wildman–Crippen LogP) is 2.13. The van der Waals surface area contributed by atoms with Crippen molar-refractivity contribution in [3.05, 3.63) is 11.1 Å². The molecule has 2 rings (SSSR count). The summed E-state index contributed by atoms with van der Waals surface area (Å²) in [6.45, 7) is 2.17. The van der Waals surface area contributed by atoms with E-state index in [9.17, 15) is 10.1 Å². The molecule has 1 amide bonds. The van der Waals surface area contributed by atoms with E-state index in [4.69, 9.17) is 0 Å². The second kappa shape index (κ2) is 5.44. The SMILES string of the molecule is CCC1CCC(C#N)(NC(=O)c2cnns2)CC1. The van der Waals surface area contributed by atoms with Gasteiger partial charge in [-0.3, -0.25) is 4.79 Å². The zero-order chi connectivity index (χ0) is 13.0. The minimum Gasteiger partial charge on any atom is -0.333 e. The number of amides is 1. The number of carbonyl (C=O) groups excluding carboxylic acids is 1. The van der Waals surface area contributed by atoms with Crippen LogP contribution in [-0.4, -0.2) is 21.0 Å². The number of aromatic nitrogens is 2. The number of carbonyl (C=O) groups is 1. The number of rotatable bonds is 3. The maximum absolute atomic E-state index is 12.0. The lowest BCUT2D eigenvalue weighted by molar-refractivity contribution is 0.0895. The molecule has 1 aromatic heterocycles. The van der Waals surface area contributed by atoms with Crippen molar-refractivity contribution in [2.45, 2.75) is 44.6 Å². The lowest BCUT2D eigenvalue weighted by atomic mass is 9.76. The molecule has 0 aromatic carbocycles. The lowest BCUT2D eigenvalue weighted by Crippen LogP contribution is -2.49. The summed E-state index contributed by atoms with van der Waals surface area (Å²) < 4.78 is 3.66. The van der Waals surface area contributed by atoms with Crippen LogP contribution in [0.25, 0.3) is 0 Å². The summed E-state index contributed by atoms with van der Waals surface area (Å²) >= 11 is 1.05. The van der Waals surface area contributed by atoms with Gasteiger partial charge in [-0.05, 0) is 43.1 Å². The Labute approximate surface area is 110 Å². The van der Waals surface area contributed by atoms with Gasteiger partial charge in [0.2, 0.25) is 0 Å². The van der Waals surface area contributed by atoms with Crippen LogP contribution in [0.4, 0.5) is 0 Å². The largest absolute Gasteiger partial charge is 0.333 e. The van der Waals surface area contributed by atoms with E-state index in [0.29, 0.717) is 10.8 Å². The third kappa shape index (κ3) is 2.67. The van der Waals surface area contributed by atoms with Crippen LogP contribution >= 0.6 is 11.5 Å². The fourth-order valence-corrected chi connectivity index (χ4v) is 2.80. The minimum absolute atomic E-state index is 0.235. The van der Waals surface area contributed by atoms with E-state index in [1.54, 1.807) is 0 Å². The number of nitrogens with one attached hydrogen (secondary N) is 1. The molecule has 0 saturated heterocycles. The number of hydrogen-bond donors (Lipinski definition) is 1. The summed E-state index contributed by atoms with van der Waals surface area (Å²) in [5.41, 5.74) is -0.702. The molecular weight excluding hydrogens is 248 g/mol. The fourth-order valence-electron chi connectivity index (χ4n) is 2.39. The molecule has 1 N–H and O–H groups in total. The Kier molecular flexibility index (Phi) is 3.92. The molecule has 0 aliphatic heterocycles. The highest BCUT2D eigenvalue weighted by Crippen LogP contribution is 2.33. The third-order valence-corrected chi connectivity index (χ3v) is 4.35. The third-order valence-electron chi connectivity index (χ3n) is 3.69. The Bertz CT molecular complexity index is 443. The Morgan fingerprint density at radius 3 is 2.89 bits per heavy atom. The quantitative estimate of drug-likeness (QED) is 0.907. The molecule has 0 unspecified atom stereocenters. The molecule has 1 heterocycles. The molecule has 0 radical (unpaired) electrons. The van der Waals surface area contributed by atoms with Gasteiger partial charge in [0.05, 0.1) is 12.3 Å². The molecule has 1 aliphatic rings. The zero-order valence-corrected chi connectivity index (χ0v) is 11.2. The van der Waals surface area contributed by atoms with Crippen molar-refractivity contribution in [1.82, 2.24) is 14.9 Å². The normalized spacial score (nSPS) is 27.4. The van der Waals surface area contributed by atoms with Gasteiger partial charge in [0, 0.05) is 0 Å². The first-order chi connectivity index (χ1) is 8.69. The Morgan fingerprint density at radius 2 is 2.39 bits per heavy atom. The second-order valence-electron chi connectivity index (χ2n) is 4.78. The monoisotopic (exact) mass is 264 g/mol. The van der Waals surface area contributed by atoms with E-state index >= 15 is 0 Å². The van der Waals surface area contributed by atoms with E-state index in [-0.39, 0.29) is 5.91 Å². The van der Waals surface area contributed by atoms with Crippen LogP contribution in [0, 0.1) is 17.2 Å². The number of nitriles is 1. The molecule has 5 nitrogen and oxygen atoms in total. The van der Waals surface area contributed by atoms with Crippen molar-refractivity contribution >= 4 is 17.4 Å². The Morgan fingerprint density at radius 1 is 1.67 bits per heavy atom. The minimum atomic E-state index is -0.702. The molecule has 0 atom stereocenters. The maximum Gasteiger partial charge on any atom is 0.265 e. The highest BCUT2D eigenvalue weighted by molar-refractivity contribution is 7.07. The van der Waals surface area contributed by atoms with Gasteiger partial charge >= 0.3 is 0 Å². The van der Waals surface area contributed by atoms with Crippen molar-refractivity contribution in [1.29, 1.82) is 5.26 Å². The topological polar surface area (TPSA) is 78.7 Å². The van der Waals surface area contributed by atoms with Gasteiger partial charge in [0.15, 0.2) is 0 Å². The van der Waals surface area contributed by atoms with Crippen LogP contribution in [-0.2, 0) is 0 Å². The summed E-state index contributed by atoms with van der Waals surface area (Å²) in [5.74, 6) is 0.454. The van der Waals surface area contributed by atoms with Gasteiger partial charge in [0.1, 0.15) is 10.4 Å².